The predicted octanol–water partition coefficient (Wildman–Crippen LogP) is 2.28. The van der Waals surface area contributed by atoms with Crippen LogP contribution in [0.25, 0.3) is 10.9 Å². The van der Waals surface area contributed by atoms with E-state index in [-0.39, 0.29) is 24.8 Å². The third kappa shape index (κ3) is 4.53. The van der Waals surface area contributed by atoms with Gasteiger partial charge in [-0.25, -0.2) is 4.79 Å². The van der Waals surface area contributed by atoms with Gasteiger partial charge in [-0.05, 0) is 29.8 Å². The molecule has 1 atom stereocenters. The van der Waals surface area contributed by atoms with E-state index in [0.29, 0.717) is 13.1 Å². The smallest absolute Gasteiger partial charge is 0.325 e. The van der Waals surface area contributed by atoms with Gasteiger partial charge in [-0.2, -0.15) is 0 Å². The van der Waals surface area contributed by atoms with Crippen LogP contribution in [0.15, 0.2) is 60.8 Å². The molecule has 1 aliphatic rings. The molecule has 0 bridgehead atoms. The number of carbonyl (C=O) groups excluding carboxylic acids is 3. The molecular formula is C23H24N4O4. The first-order valence-electron chi connectivity index (χ1n) is 10.1. The van der Waals surface area contributed by atoms with Gasteiger partial charge in [0.05, 0.1) is 20.1 Å². The van der Waals surface area contributed by atoms with E-state index < -0.39 is 12.1 Å². The molecule has 4 amide bonds. The molecule has 4 rings (SSSR count). The number of aromatic nitrogens is 1. The van der Waals surface area contributed by atoms with Crippen LogP contribution < -0.4 is 15.4 Å². The van der Waals surface area contributed by atoms with Crippen molar-refractivity contribution < 1.29 is 19.1 Å². The molecule has 1 aliphatic heterocycles. The predicted molar refractivity (Wildman–Crippen MR) is 115 cm³/mol. The number of benzene rings is 2. The summed E-state index contributed by atoms with van der Waals surface area (Å²) in [4.78, 5) is 38.2. The highest BCUT2D eigenvalue weighted by atomic mass is 16.5. The van der Waals surface area contributed by atoms with E-state index in [0.717, 1.165) is 27.1 Å². The average Bonchev–Trinajstić information content (AvgIpc) is 3.30. The number of methoxy groups -OCH3 is 1. The van der Waals surface area contributed by atoms with Gasteiger partial charge in [-0.1, -0.05) is 30.3 Å². The summed E-state index contributed by atoms with van der Waals surface area (Å²) in [5, 5.41) is 6.49. The molecule has 160 valence electrons. The number of fused-ring (bicyclic) bond motifs is 1. The third-order valence-electron chi connectivity index (χ3n) is 5.33. The standard InChI is InChI=1S/C23H24N4O4/c1-31-18-7-8-20-17(13-18)9-11-26(20)12-10-24-21(28)14-19-22(29)27(23(30)25-19)15-16-5-3-2-4-6-16/h2-9,11,13,19H,10,12,14-15H2,1H3,(H,24,28)(H,25,30)/t19-/m1/s1. The number of rotatable bonds is 8. The first-order chi connectivity index (χ1) is 15.0. The largest absolute Gasteiger partial charge is 0.497 e. The minimum Gasteiger partial charge on any atom is -0.497 e. The van der Waals surface area contributed by atoms with Gasteiger partial charge in [0.25, 0.3) is 5.91 Å². The Kier molecular flexibility index (Phi) is 5.88. The third-order valence-corrected chi connectivity index (χ3v) is 5.33. The van der Waals surface area contributed by atoms with Crippen LogP contribution in [0, 0.1) is 0 Å². The maximum Gasteiger partial charge on any atom is 0.325 e. The van der Waals surface area contributed by atoms with Gasteiger partial charge < -0.3 is 19.9 Å². The van der Waals surface area contributed by atoms with Gasteiger partial charge in [0.1, 0.15) is 11.8 Å². The lowest BCUT2D eigenvalue weighted by atomic mass is 10.1. The zero-order valence-corrected chi connectivity index (χ0v) is 17.2. The van der Waals surface area contributed by atoms with E-state index in [1.165, 1.54) is 0 Å². The van der Waals surface area contributed by atoms with Gasteiger partial charge in [-0.15, -0.1) is 0 Å². The van der Waals surface area contributed by atoms with Gasteiger partial charge in [0.2, 0.25) is 5.91 Å². The molecule has 0 unspecified atom stereocenters. The molecular weight excluding hydrogens is 396 g/mol. The number of hydrogen-bond donors (Lipinski definition) is 2. The van der Waals surface area contributed by atoms with Crippen molar-refractivity contribution >= 4 is 28.7 Å². The Morgan fingerprint density at radius 2 is 1.94 bits per heavy atom. The Morgan fingerprint density at radius 3 is 2.71 bits per heavy atom. The fourth-order valence-electron chi connectivity index (χ4n) is 3.70. The van der Waals surface area contributed by atoms with E-state index in [1.54, 1.807) is 7.11 Å². The van der Waals surface area contributed by atoms with Gasteiger partial charge in [-0.3, -0.25) is 14.5 Å². The van der Waals surface area contributed by atoms with Crippen molar-refractivity contribution in [2.45, 2.75) is 25.6 Å². The highest BCUT2D eigenvalue weighted by molar-refractivity contribution is 6.05. The minimum absolute atomic E-state index is 0.0838. The molecule has 0 radical (unpaired) electrons. The van der Waals surface area contributed by atoms with Gasteiger partial charge in [0.15, 0.2) is 0 Å². The first-order valence-corrected chi connectivity index (χ1v) is 10.1. The molecule has 8 nitrogen and oxygen atoms in total. The first kappa shape index (κ1) is 20.5. The molecule has 2 N–H and O–H groups in total. The van der Waals surface area contributed by atoms with Crippen LogP contribution >= 0.6 is 0 Å². The average molecular weight is 420 g/mol. The van der Waals surface area contributed by atoms with Crippen LogP contribution in [-0.2, 0) is 22.7 Å². The van der Waals surface area contributed by atoms with Crippen molar-refractivity contribution in [2.24, 2.45) is 0 Å². The number of carbonyl (C=O) groups is 3. The normalized spacial score (nSPS) is 15.9. The highest BCUT2D eigenvalue weighted by Crippen LogP contribution is 2.21. The van der Waals surface area contributed by atoms with Crippen molar-refractivity contribution in [3.63, 3.8) is 0 Å². The molecule has 1 aromatic heterocycles. The van der Waals surface area contributed by atoms with E-state index in [9.17, 15) is 14.4 Å². The Morgan fingerprint density at radius 1 is 1.13 bits per heavy atom. The van der Waals surface area contributed by atoms with E-state index >= 15 is 0 Å². The van der Waals surface area contributed by atoms with E-state index in [1.807, 2.05) is 65.4 Å². The summed E-state index contributed by atoms with van der Waals surface area (Å²) in [6.45, 7) is 1.19. The minimum atomic E-state index is -0.837. The quantitative estimate of drug-likeness (QED) is 0.547. The fraction of sp³-hybridized carbons (Fsp3) is 0.261. The molecule has 0 spiro atoms. The van der Waals surface area contributed by atoms with Crippen molar-refractivity contribution in [3.8, 4) is 5.75 Å². The summed E-state index contributed by atoms with van der Waals surface area (Å²) in [6.07, 6.45) is 1.87. The van der Waals surface area contributed by atoms with Crippen molar-refractivity contribution in [2.75, 3.05) is 13.7 Å². The maximum absolute atomic E-state index is 12.6. The molecule has 31 heavy (non-hydrogen) atoms. The molecule has 2 aromatic carbocycles. The molecule has 1 saturated heterocycles. The second kappa shape index (κ2) is 8.91. The van der Waals surface area contributed by atoms with Gasteiger partial charge >= 0.3 is 6.03 Å². The molecule has 8 heteroatoms. The summed E-state index contributed by atoms with van der Waals surface area (Å²) >= 11 is 0. The highest BCUT2D eigenvalue weighted by Gasteiger charge is 2.38. The van der Waals surface area contributed by atoms with Crippen LogP contribution in [0.1, 0.15) is 12.0 Å². The zero-order valence-electron chi connectivity index (χ0n) is 17.2. The number of imide groups is 1. The fourth-order valence-corrected chi connectivity index (χ4v) is 3.70. The van der Waals surface area contributed by atoms with Crippen LogP contribution in [0.2, 0.25) is 0 Å². The number of hydrogen-bond acceptors (Lipinski definition) is 4. The second-order valence-corrected chi connectivity index (χ2v) is 7.40. The van der Waals surface area contributed by atoms with Crippen LogP contribution in [0.4, 0.5) is 4.79 Å². The Bertz CT molecular complexity index is 1110. The molecule has 0 aliphatic carbocycles. The van der Waals surface area contributed by atoms with Crippen molar-refractivity contribution in [1.82, 2.24) is 20.1 Å². The monoisotopic (exact) mass is 420 g/mol. The zero-order chi connectivity index (χ0) is 21.8. The summed E-state index contributed by atoms with van der Waals surface area (Å²) in [5.74, 6) is 0.135. The number of nitrogens with zero attached hydrogens (tertiary/aromatic N) is 2. The van der Waals surface area contributed by atoms with Gasteiger partial charge in [0, 0.05) is 30.2 Å². The second-order valence-electron chi connectivity index (χ2n) is 7.40. The Labute approximate surface area is 179 Å². The summed E-state index contributed by atoms with van der Waals surface area (Å²) in [7, 11) is 1.63. The Hall–Kier alpha value is -3.81. The van der Waals surface area contributed by atoms with Crippen LogP contribution in [-0.4, -0.2) is 47.0 Å². The lowest BCUT2D eigenvalue weighted by molar-refractivity contribution is -0.131. The van der Waals surface area contributed by atoms with Crippen molar-refractivity contribution in [3.05, 3.63) is 66.4 Å². The SMILES string of the molecule is COc1ccc2c(ccn2CCNC(=O)C[C@H]2NC(=O)N(Cc3ccccc3)C2=O)c1. The van der Waals surface area contributed by atoms with E-state index in [2.05, 4.69) is 10.6 Å². The van der Waals surface area contributed by atoms with Crippen molar-refractivity contribution in [1.29, 1.82) is 0 Å². The van der Waals surface area contributed by atoms with E-state index in [4.69, 9.17) is 4.74 Å². The molecule has 1 fully saturated rings. The topological polar surface area (TPSA) is 92.7 Å². The molecule has 3 aromatic rings. The lowest BCUT2D eigenvalue weighted by Crippen LogP contribution is -2.37. The molecule has 2 heterocycles. The summed E-state index contributed by atoms with van der Waals surface area (Å²) in [6, 6.07) is 15.8. The van der Waals surface area contributed by atoms with Crippen LogP contribution in [0.3, 0.4) is 0 Å². The summed E-state index contributed by atoms with van der Waals surface area (Å²) in [5.41, 5.74) is 1.90. The number of ether oxygens (including phenoxy) is 1. The Balaban J connectivity index is 1.28. The maximum atomic E-state index is 12.6. The lowest BCUT2D eigenvalue weighted by Gasteiger charge is -2.13. The number of urea groups is 1. The summed E-state index contributed by atoms with van der Waals surface area (Å²) < 4.78 is 7.28. The number of amides is 4. The number of nitrogens with one attached hydrogen (secondary N) is 2. The van der Waals surface area contributed by atoms with Crippen LogP contribution in [0.5, 0.6) is 5.75 Å². The molecule has 0 saturated carbocycles.